The molecule has 0 aliphatic heterocycles. The van der Waals surface area contributed by atoms with Crippen molar-refractivity contribution in [2.24, 2.45) is 17.2 Å². The van der Waals surface area contributed by atoms with E-state index in [4.69, 9.17) is 17.2 Å². The number of carbonyl (C=O) groups excluding carboxylic acids is 9. The van der Waals surface area contributed by atoms with Crippen molar-refractivity contribution >= 4 is 82.0 Å². The fraction of sp³-hybridized carbons (Fsp3) is 0.597. The van der Waals surface area contributed by atoms with Crippen LogP contribution < -0.4 is 65.1 Å². The number of carbonyl (C=O) groups is 12. The molecule has 29 nitrogen and oxygen atoms in total. The minimum atomic E-state index is -1.31. The summed E-state index contributed by atoms with van der Waals surface area (Å²) >= 11 is 0. The summed E-state index contributed by atoms with van der Waals surface area (Å²) in [7, 11) is 0. The molecule has 2 heterocycles. The zero-order valence-corrected chi connectivity index (χ0v) is 53.5. The van der Waals surface area contributed by atoms with E-state index in [0.717, 1.165) is 16.5 Å². The number of amides is 9. The monoisotopic (exact) mass is 1280 g/mol. The van der Waals surface area contributed by atoms with Gasteiger partial charge < -0.3 is 85.4 Å². The van der Waals surface area contributed by atoms with Crippen molar-refractivity contribution in [1.29, 1.82) is 0 Å². The smallest absolute Gasteiger partial charge is 0.305 e. The molecule has 0 aliphatic rings. The summed E-state index contributed by atoms with van der Waals surface area (Å²) in [6, 6.07) is 5.46. The van der Waals surface area contributed by atoms with Gasteiger partial charge in [-0.05, 0) is 117 Å². The number of aromatic amines is 1. The number of nitrogens with one attached hydrogen (secondary N) is 10. The van der Waals surface area contributed by atoms with Crippen LogP contribution in [0.4, 0.5) is 0 Å². The predicted molar refractivity (Wildman–Crippen MR) is 337 cm³/mol. The van der Waals surface area contributed by atoms with Gasteiger partial charge in [0.2, 0.25) is 53.2 Å². The van der Waals surface area contributed by atoms with Gasteiger partial charge in [0.1, 0.15) is 0 Å². The van der Waals surface area contributed by atoms with Gasteiger partial charge in [-0.3, -0.25) is 62.5 Å². The lowest BCUT2D eigenvalue weighted by Gasteiger charge is -2.33. The van der Waals surface area contributed by atoms with E-state index in [2.05, 4.69) is 57.8 Å². The van der Waals surface area contributed by atoms with Gasteiger partial charge in [0, 0.05) is 146 Å². The number of aliphatic carboxylic acids is 3. The number of nitrogens with zero attached hydrogens (tertiary/aromatic N) is 1. The Morgan fingerprint density at radius 2 is 0.912 bits per heavy atom. The van der Waals surface area contributed by atoms with Crippen LogP contribution in [0.5, 0.6) is 0 Å². The lowest BCUT2D eigenvalue weighted by molar-refractivity contribution is -0.141. The van der Waals surface area contributed by atoms with E-state index in [-0.39, 0.29) is 89.5 Å². The zero-order valence-electron chi connectivity index (χ0n) is 53.5. The third-order valence-electron chi connectivity index (χ3n) is 14.7. The summed E-state index contributed by atoms with van der Waals surface area (Å²) in [5, 5.41) is 54.1. The van der Waals surface area contributed by atoms with Gasteiger partial charge in [0.25, 0.3) is 0 Å². The topological polar surface area (TPSA) is 481 Å². The summed E-state index contributed by atoms with van der Waals surface area (Å²) in [4.78, 5) is 163. The van der Waals surface area contributed by atoms with E-state index < -0.39 is 149 Å². The highest BCUT2D eigenvalue weighted by atomic mass is 16.4. The van der Waals surface area contributed by atoms with Crippen LogP contribution in [0.1, 0.15) is 163 Å². The maximum atomic E-state index is 13.8. The Labute approximate surface area is 530 Å². The molecule has 3 rings (SSSR count). The molecule has 6 atom stereocenters. The molecule has 2 aromatic heterocycles. The standard InChI is InChI=1S/C62H96N14O15/c1-9-62(8,76-55(85)33-61(6,7)73-49(79)23-39(65)16-18-63)34-54(84)72-43(28-56(86)87)27-51(81)75-60(4,5)31-52(82)70-41(21-37-13-12-20-66-35-37)25-47(77)68-40(17-19-64)24-50(80)74-59(2,3)32-53(83)71-42(22-38-36-67-46-15-11-10-14-45(38)46)26-48(78)69-44(29-57(88)89)30-58(90)91/h10-15,20,35-36,39-44,67H,9,16-19,21-34,63-65H2,1-8H3,(H,68,77)(H,69,78)(H,70,82)(H,71,83)(H,72,84)(H,73,79)(H,74,80)(H,75,81)(H,76,85)(H,86,87)(H,88,89)(H,90,91)/t39-,40-,41?,42-,43-,62-/m0/s1. The van der Waals surface area contributed by atoms with Crippen molar-refractivity contribution in [2.45, 2.75) is 223 Å². The second-order valence-electron chi connectivity index (χ2n) is 25.6. The second kappa shape index (κ2) is 36.3. The van der Waals surface area contributed by atoms with E-state index >= 15 is 0 Å². The molecule has 1 unspecified atom stereocenters. The van der Waals surface area contributed by atoms with Gasteiger partial charge in [0.15, 0.2) is 0 Å². The van der Waals surface area contributed by atoms with Crippen LogP contribution in [0.15, 0.2) is 55.0 Å². The summed E-state index contributed by atoms with van der Waals surface area (Å²) < 4.78 is 0. The van der Waals surface area contributed by atoms with Crippen LogP contribution in [-0.2, 0) is 70.4 Å². The first-order valence-corrected chi connectivity index (χ1v) is 30.5. The first kappa shape index (κ1) is 76.7. The molecule has 29 heteroatoms. The summed E-state index contributed by atoms with van der Waals surface area (Å²) in [5.41, 5.74) is 15.1. The third-order valence-corrected chi connectivity index (χ3v) is 14.7. The Hall–Kier alpha value is -8.57. The largest absolute Gasteiger partial charge is 0.481 e. The van der Waals surface area contributed by atoms with Crippen LogP contribution in [-0.4, -0.2) is 168 Å². The number of pyridine rings is 1. The number of carboxylic acid groups (broad SMARTS) is 3. The van der Waals surface area contributed by atoms with Gasteiger partial charge in [-0.2, -0.15) is 0 Å². The number of nitrogens with two attached hydrogens (primary N) is 3. The highest BCUT2D eigenvalue weighted by molar-refractivity contribution is 5.88. The number of fused-ring (bicyclic) bond motifs is 1. The lowest BCUT2D eigenvalue weighted by atomic mass is 9.91. The Kier molecular flexibility index (Phi) is 30.6. The Balaban J connectivity index is 1.64. The van der Waals surface area contributed by atoms with Gasteiger partial charge in [-0.1, -0.05) is 31.2 Å². The molecule has 0 saturated carbocycles. The van der Waals surface area contributed by atoms with Crippen LogP contribution in [0.3, 0.4) is 0 Å². The van der Waals surface area contributed by atoms with Crippen molar-refractivity contribution in [2.75, 3.05) is 13.1 Å². The minimum Gasteiger partial charge on any atom is -0.481 e. The Morgan fingerprint density at radius 3 is 1.41 bits per heavy atom. The molecule has 0 saturated heterocycles. The average molecular weight is 1280 g/mol. The van der Waals surface area contributed by atoms with Crippen LogP contribution in [0.25, 0.3) is 10.9 Å². The first-order chi connectivity index (χ1) is 42.5. The lowest BCUT2D eigenvalue weighted by Crippen LogP contribution is -2.54. The molecular formula is C62H96N14O15. The normalized spacial score (nSPS) is 14.0. The van der Waals surface area contributed by atoms with Gasteiger partial charge in [0.05, 0.1) is 19.3 Å². The van der Waals surface area contributed by atoms with Crippen molar-refractivity contribution in [1.82, 2.24) is 57.8 Å². The summed E-state index contributed by atoms with van der Waals surface area (Å²) in [6.45, 7) is 13.4. The van der Waals surface area contributed by atoms with E-state index in [1.807, 2.05) is 24.3 Å². The second-order valence-corrected chi connectivity index (χ2v) is 25.6. The first-order valence-electron chi connectivity index (χ1n) is 30.5. The molecule has 91 heavy (non-hydrogen) atoms. The van der Waals surface area contributed by atoms with Gasteiger partial charge in [-0.15, -0.1) is 0 Å². The molecule has 0 spiro atoms. The Bertz CT molecular complexity index is 2970. The number of para-hydroxylation sites is 1. The quantitative estimate of drug-likeness (QED) is 0.0371. The predicted octanol–water partition coefficient (Wildman–Crippen LogP) is 0.701. The molecule has 0 radical (unpaired) electrons. The van der Waals surface area contributed by atoms with Crippen molar-refractivity contribution in [3.8, 4) is 0 Å². The number of aromatic nitrogens is 2. The maximum Gasteiger partial charge on any atom is 0.305 e. The molecule has 0 fully saturated rings. The van der Waals surface area contributed by atoms with Crippen LogP contribution in [0.2, 0.25) is 0 Å². The zero-order chi connectivity index (χ0) is 68.3. The minimum absolute atomic E-state index is 0.0204. The molecule has 19 N–H and O–H groups in total. The number of rotatable bonds is 42. The van der Waals surface area contributed by atoms with E-state index in [1.165, 1.54) is 0 Å². The highest BCUT2D eigenvalue weighted by Crippen LogP contribution is 2.22. The van der Waals surface area contributed by atoms with E-state index in [9.17, 15) is 72.9 Å². The number of hydrogen-bond donors (Lipinski definition) is 16. The van der Waals surface area contributed by atoms with Crippen LogP contribution in [0, 0.1) is 0 Å². The van der Waals surface area contributed by atoms with Crippen molar-refractivity contribution < 1.29 is 72.9 Å². The number of H-pyrrole nitrogens is 1. The van der Waals surface area contributed by atoms with Crippen molar-refractivity contribution in [3.05, 3.63) is 66.1 Å². The number of hydrogen-bond acceptors (Lipinski definition) is 16. The molecular weight excluding hydrogens is 1180 g/mol. The molecule has 0 bridgehead atoms. The summed E-state index contributed by atoms with van der Waals surface area (Å²) in [5.74, 6) is -8.98. The SMILES string of the molecule is CC[C@@](C)(CC(=O)N[C@H](CC(=O)O)CC(=O)NC(C)(C)CC(=O)NC(CC(=O)N[C@@H](CCN)CC(=O)NC(C)(C)CC(=O)N[C@H](CC(=O)NC(CC(=O)O)CC(=O)O)Cc1c[nH]c2ccccc12)Cc1cccnc1)NC(=O)CC(C)(C)NC(=O)C[C@@H](N)CCN. The molecule has 504 valence electrons. The number of benzene rings is 1. The third kappa shape index (κ3) is 31.1. The molecule has 1 aromatic carbocycles. The highest BCUT2D eigenvalue weighted by Gasteiger charge is 2.35. The van der Waals surface area contributed by atoms with Crippen molar-refractivity contribution in [3.63, 3.8) is 0 Å². The maximum absolute atomic E-state index is 13.8. The fourth-order valence-electron chi connectivity index (χ4n) is 10.6. The van der Waals surface area contributed by atoms with E-state index in [1.54, 1.807) is 86.1 Å². The van der Waals surface area contributed by atoms with Crippen LogP contribution >= 0.6 is 0 Å². The summed E-state index contributed by atoms with van der Waals surface area (Å²) in [6.07, 6.45) is 1.75. The molecule has 0 aliphatic carbocycles. The van der Waals surface area contributed by atoms with E-state index in [0.29, 0.717) is 18.5 Å². The molecule has 9 amide bonds. The number of carboxylic acids is 3. The fourth-order valence-corrected chi connectivity index (χ4v) is 10.6. The Morgan fingerprint density at radius 1 is 0.484 bits per heavy atom. The molecule has 3 aromatic rings. The van der Waals surface area contributed by atoms with Gasteiger partial charge in [-0.25, -0.2) is 0 Å². The van der Waals surface area contributed by atoms with Gasteiger partial charge >= 0.3 is 17.9 Å². The average Bonchev–Trinajstić information content (AvgIpc) is 2.40.